The van der Waals surface area contributed by atoms with E-state index in [0.29, 0.717) is 11.4 Å². The number of hydrogen-bond donors (Lipinski definition) is 1. The summed E-state index contributed by atoms with van der Waals surface area (Å²) in [5, 5.41) is 13.3. The number of nitrogens with zero attached hydrogens (tertiary/aromatic N) is 1. The number of nitrogens with one attached hydrogen (secondary N) is 1. The lowest BCUT2D eigenvalue weighted by Gasteiger charge is -2.08. The number of anilines is 1. The number of benzene rings is 2. The Kier molecular flexibility index (Phi) is 5.37. The van der Waals surface area contributed by atoms with Crippen LogP contribution < -0.4 is 10.1 Å². The summed E-state index contributed by atoms with van der Waals surface area (Å²) in [5.74, 6) is 0.107. The quantitative estimate of drug-likeness (QED) is 0.502. The van der Waals surface area contributed by atoms with Gasteiger partial charge in [0, 0.05) is 22.7 Å². The van der Waals surface area contributed by atoms with Gasteiger partial charge in [-0.1, -0.05) is 6.07 Å². The van der Waals surface area contributed by atoms with Crippen LogP contribution in [0.25, 0.3) is 0 Å². The van der Waals surface area contributed by atoms with Gasteiger partial charge in [0.05, 0.1) is 4.92 Å². The van der Waals surface area contributed by atoms with Gasteiger partial charge >= 0.3 is 0 Å². The minimum absolute atomic E-state index is 0.0225. The van der Waals surface area contributed by atoms with E-state index >= 15 is 0 Å². The van der Waals surface area contributed by atoms with E-state index < -0.39 is 4.92 Å². The average molecular weight is 318 g/mol. The number of amides is 1. The van der Waals surface area contributed by atoms with E-state index in [1.54, 1.807) is 17.8 Å². The maximum Gasteiger partial charge on any atom is 0.269 e. The van der Waals surface area contributed by atoms with Crippen LogP contribution in [-0.2, 0) is 4.79 Å². The van der Waals surface area contributed by atoms with Crippen molar-refractivity contribution in [2.45, 2.75) is 4.90 Å². The molecule has 6 nitrogen and oxygen atoms in total. The molecule has 1 amide bonds. The standard InChI is InChI=1S/C15H14N2O4S/c1-22-14-4-2-3-11(9-14)16-15(18)10-21-13-7-5-12(6-8-13)17(19)20/h2-9H,10H2,1H3,(H,16,18). The van der Waals surface area contributed by atoms with Crippen LogP contribution in [0, 0.1) is 10.1 Å². The molecule has 0 bridgehead atoms. The molecule has 1 N–H and O–H groups in total. The smallest absolute Gasteiger partial charge is 0.269 e. The molecule has 0 heterocycles. The SMILES string of the molecule is CSc1cccc(NC(=O)COc2ccc([N+](=O)[O-])cc2)c1. The fraction of sp³-hybridized carbons (Fsp3) is 0.133. The molecule has 2 aromatic carbocycles. The molecule has 0 aliphatic heterocycles. The Morgan fingerprint density at radius 2 is 2.00 bits per heavy atom. The van der Waals surface area contributed by atoms with Crippen molar-refractivity contribution in [1.29, 1.82) is 0 Å². The number of non-ortho nitro benzene ring substituents is 1. The molecule has 0 aliphatic rings. The number of hydrogen-bond acceptors (Lipinski definition) is 5. The summed E-state index contributed by atoms with van der Waals surface area (Å²) in [6, 6.07) is 13.0. The summed E-state index contributed by atoms with van der Waals surface area (Å²) in [6.07, 6.45) is 1.96. The molecule has 2 aromatic rings. The third kappa shape index (κ3) is 4.49. The fourth-order valence-corrected chi connectivity index (χ4v) is 2.17. The Bertz CT molecular complexity index is 673. The second-order valence-corrected chi connectivity index (χ2v) is 5.20. The highest BCUT2D eigenvalue weighted by molar-refractivity contribution is 7.98. The Morgan fingerprint density at radius 3 is 2.64 bits per heavy atom. The van der Waals surface area contributed by atoms with Crippen LogP contribution in [0.1, 0.15) is 0 Å². The predicted octanol–water partition coefficient (Wildman–Crippen LogP) is 3.33. The van der Waals surface area contributed by atoms with Crippen molar-refractivity contribution in [3.8, 4) is 5.75 Å². The lowest BCUT2D eigenvalue weighted by molar-refractivity contribution is -0.384. The largest absolute Gasteiger partial charge is 0.484 e. The third-order valence-corrected chi connectivity index (χ3v) is 3.50. The first kappa shape index (κ1) is 15.8. The van der Waals surface area contributed by atoms with Crippen LogP contribution in [0.15, 0.2) is 53.4 Å². The number of thioether (sulfide) groups is 1. The van der Waals surface area contributed by atoms with Gasteiger partial charge in [-0.25, -0.2) is 0 Å². The van der Waals surface area contributed by atoms with Crippen molar-refractivity contribution < 1.29 is 14.5 Å². The van der Waals surface area contributed by atoms with Crippen LogP contribution in [0.3, 0.4) is 0 Å². The van der Waals surface area contributed by atoms with E-state index in [4.69, 9.17) is 4.74 Å². The summed E-state index contributed by atoms with van der Waals surface area (Å²) < 4.78 is 5.29. The highest BCUT2D eigenvalue weighted by Gasteiger charge is 2.07. The molecule has 0 aliphatic carbocycles. The Morgan fingerprint density at radius 1 is 1.27 bits per heavy atom. The molecule has 0 saturated carbocycles. The molecule has 0 fully saturated rings. The number of carbonyl (C=O) groups is 1. The molecule has 0 saturated heterocycles. The highest BCUT2D eigenvalue weighted by atomic mass is 32.2. The van der Waals surface area contributed by atoms with E-state index in [-0.39, 0.29) is 18.2 Å². The normalized spacial score (nSPS) is 10.0. The topological polar surface area (TPSA) is 81.5 Å². The van der Waals surface area contributed by atoms with Crippen LogP contribution in [0.5, 0.6) is 5.75 Å². The first-order valence-corrected chi connectivity index (χ1v) is 7.62. The predicted molar refractivity (Wildman–Crippen MR) is 85.4 cm³/mol. The number of carbonyl (C=O) groups excluding carboxylic acids is 1. The van der Waals surface area contributed by atoms with Gasteiger partial charge in [-0.15, -0.1) is 11.8 Å². The Labute approximate surface area is 131 Å². The molecular weight excluding hydrogens is 304 g/mol. The van der Waals surface area contributed by atoms with Crippen LogP contribution in [0.2, 0.25) is 0 Å². The summed E-state index contributed by atoms with van der Waals surface area (Å²) in [5.41, 5.74) is 0.676. The molecule has 0 radical (unpaired) electrons. The Balaban J connectivity index is 1.88. The fourth-order valence-electron chi connectivity index (χ4n) is 1.71. The van der Waals surface area contributed by atoms with Gasteiger partial charge in [0.1, 0.15) is 5.75 Å². The van der Waals surface area contributed by atoms with Crippen molar-refractivity contribution >= 4 is 29.0 Å². The molecule has 0 aromatic heterocycles. The maximum atomic E-state index is 11.8. The zero-order chi connectivity index (χ0) is 15.9. The second-order valence-electron chi connectivity index (χ2n) is 4.32. The van der Waals surface area contributed by atoms with Crippen molar-refractivity contribution in [3.63, 3.8) is 0 Å². The van der Waals surface area contributed by atoms with E-state index in [9.17, 15) is 14.9 Å². The number of rotatable bonds is 6. The van der Waals surface area contributed by atoms with Crippen LogP contribution >= 0.6 is 11.8 Å². The minimum Gasteiger partial charge on any atom is -0.484 e. The average Bonchev–Trinajstić information content (AvgIpc) is 2.53. The van der Waals surface area contributed by atoms with Gasteiger partial charge in [-0.2, -0.15) is 0 Å². The van der Waals surface area contributed by atoms with Gasteiger partial charge in [0.2, 0.25) is 0 Å². The zero-order valence-electron chi connectivity index (χ0n) is 11.8. The lowest BCUT2D eigenvalue weighted by atomic mass is 10.3. The molecule has 7 heteroatoms. The van der Waals surface area contributed by atoms with Crippen LogP contribution in [-0.4, -0.2) is 23.7 Å². The van der Waals surface area contributed by atoms with E-state index in [2.05, 4.69) is 5.32 Å². The zero-order valence-corrected chi connectivity index (χ0v) is 12.6. The van der Waals surface area contributed by atoms with Crippen molar-refractivity contribution in [3.05, 3.63) is 58.6 Å². The third-order valence-electron chi connectivity index (χ3n) is 2.77. The van der Waals surface area contributed by atoms with Gasteiger partial charge in [0.25, 0.3) is 11.6 Å². The summed E-state index contributed by atoms with van der Waals surface area (Å²) in [4.78, 5) is 22.9. The molecular formula is C15H14N2O4S. The molecule has 2 rings (SSSR count). The first-order valence-electron chi connectivity index (χ1n) is 6.39. The van der Waals surface area contributed by atoms with Gasteiger partial charge < -0.3 is 10.1 Å². The van der Waals surface area contributed by atoms with Crippen molar-refractivity contribution in [2.75, 3.05) is 18.2 Å². The maximum absolute atomic E-state index is 11.8. The summed E-state index contributed by atoms with van der Waals surface area (Å²) >= 11 is 1.59. The van der Waals surface area contributed by atoms with Crippen LogP contribution in [0.4, 0.5) is 11.4 Å². The molecule has 0 unspecified atom stereocenters. The second kappa shape index (κ2) is 7.46. The summed E-state index contributed by atoms with van der Waals surface area (Å²) in [7, 11) is 0. The number of nitro benzene ring substituents is 1. The number of ether oxygens (including phenoxy) is 1. The summed E-state index contributed by atoms with van der Waals surface area (Å²) in [6.45, 7) is -0.165. The minimum atomic E-state index is -0.491. The van der Waals surface area contributed by atoms with Gasteiger partial charge in [0.15, 0.2) is 6.61 Å². The number of nitro groups is 1. The van der Waals surface area contributed by atoms with E-state index in [1.807, 2.05) is 24.5 Å². The monoisotopic (exact) mass is 318 g/mol. The van der Waals surface area contributed by atoms with Crippen molar-refractivity contribution in [2.24, 2.45) is 0 Å². The molecule has 0 spiro atoms. The van der Waals surface area contributed by atoms with Gasteiger partial charge in [-0.3, -0.25) is 14.9 Å². The van der Waals surface area contributed by atoms with Gasteiger partial charge in [-0.05, 0) is 36.6 Å². The lowest BCUT2D eigenvalue weighted by Crippen LogP contribution is -2.20. The first-order chi connectivity index (χ1) is 10.6. The van der Waals surface area contributed by atoms with E-state index in [0.717, 1.165) is 4.90 Å². The molecule has 0 atom stereocenters. The molecule has 114 valence electrons. The van der Waals surface area contributed by atoms with Crippen molar-refractivity contribution in [1.82, 2.24) is 0 Å². The van der Waals surface area contributed by atoms with E-state index in [1.165, 1.54) is 24.3 Å². The highest BCUT2D eigenvalue weighted by Crippen LogP contribution is 2.19. The molecule has 22 heavy (non-hydrogen) atoms. The Hall–Kier alpha value is -2.54.